The first-order chi connectivity index (χ1) is 11.0. The van der Waals surface area contributed by atoms with Gasteiger partial charge in [0.15, 0.2) is 0 Å². The van der Waals surface area contributed by atoms with Crippen molar-refractivity contribution in [2.45, 2.75) is 81.7 Å². The number of hydrogen-bond donors (Lipinski definition) is 1. The zero-order chi connectivity index (χ0) is 18.4. The Hall–Kier alpha value is -1.71. The van der Waals surface area contributed by atoms with Crippen LogP contribution in [0.1, 0.15) is 71.8 Å². The highest BCUT2D eigenvalue weighted by atomic mass is 15.0. The van der Waals surface area contributed by atoms with Crippen LogP contribution >= 0.6 is 0 Å². The molecule has 4 nitrogen and oxygen atoms in total. The number of rotatable bonds is 1. The fourth-order valence-electron chi connectivity index (χ4n) is 1.74. The van der Waals surface area contributed by atoms with Crippen LogP contribution in [0.15, 0.2) is 22.6 Å². The number of nitrogens with zero attached hydrogens (tertiary/aromatic N) is 3. The average Bonchev–Trinajstić information content (AvgIpc) is 2.59. The maximum Gasteiger partial charge on any atom is 0.115 e. The monoisotopic (exact) mass is 320 g/mol. The minimum Gasteiger partial charge on any atom is -0.350 e. The van der Waals surface area contributed by atoms with E-state index in [1.54, 1.807) is 12.7 Å². The van der Waals surface area contributed by atoms with Crippen LogP contribution in [0.3, 0.4) is 0 Å². The van der Waals surface area contributed by atoms with E-state index in [-0.39, 0.29) is 0 Å². The lowest BCUT2D eigenvalue weighted by Gasteiger charge is -2.18. The summed E-state index contributed by atoms with van der Waals surface area (Å²) in [5.41, 5.74) is 6.02. The molecule has 0 aromatic carbocycles. The van der Waals surface area contributed by atoms with Crippen molar-refractivity contribution in [1.82, 2.24) is 15.3 Å². The van der Waals surface area contributed by atoms with Gasteiger partial charge < -0.3 is 5.32 Å². The predicted molar refractivity (Wildman–Crippen MR) is 103 cm³/mol. The Balaban J connectivity index is 0. The van der Waals surface area contributed by atoms with Gasteiger partial charge in [-0.25, -0.2) is 9.97 Å². The van der Waals surface area contributed by atoms with Crippen molar-refractivity contribution < 1.29 is 0 Å². The van der Waals surface area contributed by atoms with E-state index >= 15 is 0 Å². The number of aromatic nitrogens is 2. The first-order valence-electron chi connectivity index (χ1n) is 8.70. The fraction of sp³-hybridized carbons (Fsp3) is 0.632. The van der Waals surface area contributed by atoms with E-state index in [1.807, 2.05) is 48.5 Å². The van der Waals surface area contributed by atoms with Crippen LogP contribution in [0.4, 0.5) is 0 Å². The molecule has 0 amide bonds. The molecule has 1 aliphatic rings. The van der Waals surface area contributed by atoms with Gasteiger partial charge in [-0.05, 0) is 52.2 Å². The second-order valence-corrected chi connectivity index (χ2v) is 4.78. The Morgan fingerprint density at radius 2 is 1.43 bits per heavy atom. The third kappa shape index (κ3) is 8.48. The molecule has 1 aromatic rings. The molecule has 1 atom stereocenters. The smallest absolute Gasteiger partial charge is 0.115 e. The maximum atomic E-state index is 4.22. The van der Waals surface area contributed by atoms with Crippen LogP contribution in [0.5, 0.6) is 0 Å². The first kappa shape index (κ1) is 23.6. The average molecular weight is 321 g/mol. The normalized spacial score (nSPS) is 15.1. The summed E-state index contributed by atoms with van der Waals surface area (Å²) >= 11 is 0. The van der Waals surface area contributed by atoms with E-state index in [4.69, 9.17) is 0 Å². The lowest BCUT2D eigenvalue weighted by Crippen LogP contribution is -2.21. The van der Waals surface area contributed by atoms with Gasteiger partial charge in [0.1, 0.15) is 6.33 Å². The molecule has 1 aliphatic heterocycles. The molecule has 1 unspecified atom stereocenters. The minimum absolute atomic E-state index is 0.371. The van der Waals surface area contributed by atoms with Gasteiger partial charge in [-0.1, -0.05) is 34.6 Å². The Morgan fingerprint density at radius 1 is 0.957 bits per heavy atom. The quantitative estimate of drug-likeness (QED) is 0.779. The van der Waals surface area contributed by atoms with Crippen molar-refractivity contribution in [3.05, 3.63) is 34.5 Å². The molecule has 2 rings (SSSR count). The zero-order valence-electron chi connectivity index (χ0n) is 16.8. The second kappa shape index (κ2) is 13.9. The molecule has 23 heavy (non-hydrogen) atoms. The van der Waals surface area contributed by atoms with Crippen LogP contribution in [0.2, 0.25) is 0 Å². The highest BCUT2D eigenvalue weighted by molar-refractivity contribution is 5.60. The minimum atomic E-state index is 0.371. The van der Waals surface area contributed by atoms with Gasteiger partial charge in [-0.2, -0.15) is 0 Å². The van der Waals surface area contributed by atoms with Crippen LogP contribution in [0.25, 0.3) is 0 Å². The maximum absolute atomic E-state index is 4.22. The summed E-state index contributed by atoms with van der Waals surface area (Å²) in [6.45, 7) is 20.4. The molecule has 0 aliphatic carbocycles. The fourth-order valence-corrected chi connectivity index (χ4v) is 1.74. The van der Waals surface area contributed by atoms with Crippen molar-refractivity contribution >= 4 is 6.34 Å². The van der Waals surface area contributed by atoms with Gasteiger partial charge in [-0.15, -0.1) is 0 Å². The van der Waals surface area contributed by atoms with Gasteiger partial charge in [0.2, 0.25) is 0 Å². The van der Waals surface area contributed by atoms with E-state index in [2.05, 4.69) is 41.0 Å². The highest BCUT2D eigenvalue weighted by Gasteiger charge is 2.09. The highest BCUT2D eigenvalue weighted by Crippen LogP contribution is 2.14. The van der Waals surface area contributed by atoms with E-state index in [1.165, 1.54) is 16.8 Å². The lowest BCUT2D eigenvalue weighted by molar-refractivity contribution is 0.781. The molecule has 0 spiro atoms. The predicted octanol–water partition coefficient (Wildman–Crippen LogP) is 5.14. The SMILES string of the molecule is CC.CC.CCC1=C(C)C(C)N=CN1.Cc1ncnc(C)c1C. The van der Waals surface area contributed by atoms with Gasteiger partial charge in [0.05, 0.1) is 12.4 Å². The Labute approximate surface area is 143 Å². The van der Waals surface area contributed by atoms with Gasteiger partial charge in [0.25, 0.3) is 0 Å². The van der Waals surface area contributed by atoms with Crippen LogP contribution in [-0.4, -0.2) is 22.3 Å². The molecule has 0 saturated carbocycles. The topological polar surface area (TPSA) is 50.2 Å². The van der Waals surface area contributed by atoms with Gasteiger partial charge in [-0.3, -0.25) is 4.99 Å². The molecule has 4 heteroatoms. The second-order valence-electron chi connectivity index (χ2n) is 4.78. The van der Waals surface area contributed by atoms with Crippen molar-refractivity contribution in [2.24, 2.45) is 4.99 Å². The Morgan fingerprint density at radius 3 is 1.78 bits per heavy atom. The summed E-state index contributed by atoms with van der Waals surface area (Å²) in [6.07, 6.45) is 4.45. The van der Waals surface area contributed by atoms with Gasteiger partial charge >= 0.3 is 0 Å². The molecule has 0 saturated heterocycles. The molecule has 0 radical (unpaired) electrons. The summed E-state index contributed by atoms with van der Waals surface area (Å²) in [5, 5.41) is 3.14. The van der Waals surface area contributed by atoms with E-state index < -0.39 is 0 Å². The van der Waals surface area contributed by atoms with Crippen LogP contribution < -0.4 is 5.32 Å². The largest absolute Gasteiger partial charge is 0.350 e. The molecule has 2 heterocycles. The van der Waals surface area contributed by atoms with E-state index in [0.29, 0.717) is 6.04 Å². The van der Waals surface area contributed by atoms with Crippen molar-refractivity contribution in [3.63, 3.8) is 0 Å². The molecule has 1 N–H and O–H groups in total. The van der Waals surface area contributed by atoms with E-state index in [0.717, 1.165) is 17.8 Å². The lowest BCUT2D eigenvalue weighted by atomic mass is 10.1. The molecule has 0 fully saturated rings. The first-order valence-corrected chi connectivity index (χ1v) is 8.70. The molecular weight excluding hydrogens is 284 g/mol. The van der Waals surface area contributed by atoms with Gasteiger partial charge in [0, 0.05) is 17.1 Å². The van der Waals surface area contributed by atoms with Crippen LogP contribution in [0, 0.1) is 20.8 Å². The molecule has 132 valence electrons. The summed E-state index contributed by atoms with van der Waals surface area (Å²) in [5.74, 6) is 0. The summed E-state index contributed by atoms with van der Waals surface area (Å²) in [4.78, 5) is 12.3. The molecule has 0 bridgehead atoms. The summed E-state index contributed by atoms with van der Waals surface area (Å²) < 4.78 is 0. The summed E-state index contributed by atoms with van der Waals surface area (Å²) in [6, 6.07) is 0.371. The van der Waals surface area contributed by atoms with Crippen molar-refractivity contribution in [3.8, 4) is 0 Å². The molecule has 1 aromatic heterocycles. The Bertz CT molecular complexity index is 470. The standard InChI is InChI=1S/C8H14N2.C7H10N2.2C2H6/c1-4-8-6(2)7(3)9-5-10-8;1-5-6(2)8-4-9-7(5)3;2*1-2/h5,7H,4H2,1-3H3,(H,9,10);4H,1-3H3;2*1-2H3. The number of allylic oxidation sites excluding steroid dienone is 1. The third-order valence-corrected chi connectivity index (χ3v) is 3.58. The van der Waals surface area contributed by atoms with Crippen molar-refractivity contribution in [2.75, 3.05) is 0 Å². The number of aliphatic imine (C=N–C) groups is 1. The number of aryl methyl sites for hydroxylation is 2. The zero-order valence-corrected chi connectivity index (χ0v) is 16.8. The van der Waals surface area contributed by atoms with E-state index in [9.17, 15) is 0 Å². The van der Waals surface area contributed by atoms with Crippen LogP contribution in [-0.2, 0) is 0 Å². The molecular formula is C19H36N4. The Kier molecular flexibility index (Phi) is 14.3. The van der Waals surface area contributed by atoms with Crippen molar-refractivity contribution in [1.29, 1.82) is 0 Å². The summed E-state index contributed by atoms with van der Waals surface area (Å²) in [7, 11) is 0. The third-order valence-electron chi connectivity index (χ3n) is 3.58. The number of nitrogens with one attached hydrogen (secondary N) is 1. The number of hydrogen-bond acceptors (Lipinski definition) is 4.